The average molecular weight is 329 g/mol. The molecule has 0 radical (unpaired) electrons. The first-order valence-corrected chi connectivity index (χ1v) is 9.48. The van der Waals surface area contributed by atoms with Crippen molar-refractivity contribution in [1.29, 1.82) is 0 Å². The lowest BCUT2D eigenvalue weighted by Crippen LogP contribution is -2.47. The standard InChI is InChI=1S/C20H31N3O/c1-4-5-6-7-11-23-12-10-20(3,15(2)14-23)16-8-9-17-18(13-16)22-19(24)21-17/h8-9,13,15H,4-7,10-12,14H2,1-3H3,(H2,21,22,24). The van der Waals surface area contributed by atoms with Gasteiger partial charge in [0.2, 0.25) is 0 Å². The Morgan fingerprint density at radius 1 is 1.21 bits per heavy atom. The molecule has 1 aromatic carbocycles. The molecule has 1 saturated heterocycles. The molecule has 24 heavy (non-hydrogen) atoms. The van der Waals surface area contributed by atoms with Gasteiger partial charge in [-0.25, -0.2) is 4.79 Å². The Morgan fingerprint density at radius 2 is 2.00 bits per heavy atom. The molecule has 1 aromatic heterocycles. The maximum atomic E-state index is 11.5. The normalized spacial score (nSPS) is 25.4. The summed E-state index contributed by atoms with van der Waals surface area (Å²) in [4.78, 5) is 19.9. The molecule has 0 spiro atoms. The highest BCUT2D eigenvalue weighted by Crippen LogP contribution is 2.40. The van der Waals surface area contributed by atoms with Crippen molar-refractivity contribution in [2.24, 2.45) is 5.92 Å². The van der Waals surface area contributed by atoms with Crippen LogP contribution in [0, 0.1) is 5.92 Å². The number of nitrogens with one attached hydrogen (secondary N) is 2. The number of rotatable bonds is 6. The number of nitrogens with zero attached hydrogens (tertiary/aromatic N) is 1. The molecule has 0 amide bonds. The van der Waals surface area contributed by atoms with Crippen molar-refractivity contribution in [2.45, 2.75) is 58.3 Å². The zero-order chi connectivity index (χ0) is 17.2. The molecule has 2 atom stereocenters. The predicted molar refractivity (Wildman–Crippen MR) is 101 cm³/mol. The molecular formula is C20H31N3O. The molecule has 1 aliphatic heterocycles. The Kier molecular flexibility index (Phi) is 5.14. The second-order valence-corrected chi connectivity index (χ2v) is 7.77. The Morgan fingerprint density at radius 3 is 2.75 bits per heavy atom. The number of hydrogen-bond acceptors (Lipinski definition) is 2. The number of aromatic amines is 2. The van der Waals surface area contributed by atoms with Gasteiger partial charge in [-0.2, -0.15) is 0 Å². The van der Waals surface area contributed by atoms with Gasteiger partial charge in [0, 0.05) is 6.54 Å². The van der Waals surface area contributed by atoms with Crippen molar-refractivity contribution in [1.82, 2.24) is 14.9 Å². The minimum absolute atomic E-state index is 0.123. The van der Waals surface area contributed by atoms with E-state index in [-0.39, 0.29) is 11.1 Å². The molecule has 3 rings (SSSR count). The summed E-state index contributed by atoms with van der Waals surface area (Å²) in [5, 5.41) is 0. The number of imidazole rings is 1. The molecule has 2 heterocycles. The van der Waals surface area contributed by atoms with Crippen LogP contribution in [0.4, 0.5) is 0 Å². The van der Waals surface area contributed by atoms with Gasteiger partial charge in [0.05, 0.1) is 11.0 Å². The number of aromatic nitrogens is 2. The molecule has 132 valence electrons. The molecule has 4 nitrogen and oxygen atoms in total. The van der Waals surface area contributed by atoms with Gasteiger partial charge in [0.25, 0.3) is 0 Å². The highest BCUT2D eigenvalue weighted by atomic mass is 16.1. The van der Waals surface area contributed by atoms with Crippen molar-refractivity contribution >= 4 is 11.0 Å². The van der Waals surface area contributed by atoms with Crippen LogP contribution >= 0.6 is 0 Å². The van der Waals surface area contributed by atoms with Crippen LogP contribution in [0.2, 0.25) is 0 Å². The Labute approximate surface area is 144 Å². The topological polar surface area (TPSA) is 51.9 Å². The minimum Gasteiger partial charge on any atom is -0.306 e. The number of fused-ring (bicyclic) bond motifs is 1. The molecule has 0 bridgehead atoms. The summed E-state index contributed by atoms with van der Waals surface area (Å²) in [6.45, 7) is 10.6. The third kappa shape index (κ3) is 3.44. The average Bonchev–Trinajstić information content (AvgIpc) is 2.94. The summed E-state index contributed by atoms with van der Waals surface area (Å²) in [6, 6.07) is 6.40. The van der Waals surface area contributed by atoms with Gasteiger partial charge >= 0.3 is 5.69 Å². The van der Waals surface area contributed by atoms with Crippen molar-refractivity contribution < 1.29 is 0 Å². The summed E-state index contributed by atoms with van der Waals surface area (Å²) < 4.78 is 0. The molecule has 1 fully saturated rings. The van der Waals surface area contributed by atoms with Crippen LogP contribution in [0.5, 0.6) is 0 Å². The highest BCUT2D eigenvalue weighted by molar-refractivity contribution is 5.75. The maximum absolute atomic E-state index is 11.5. The van der Waals surface area contributed by atoms with Gasteiger partial charge in [0.15, 0.2) is 0 Å². The fourth-order valence-electron chi connectivity index (χ4n) is 4.10. The van der Waals surface area contributed by atoms with Crippen LogP contribution < -0.4 is 5.69 Å². The number of likely N-dealkylation sites (tertiary alicyclic amines) is 1. The Bertz CT molecular complexity index is 732. The quantitative estimate of drug-likeness (QED) is 0.786. The van der Waals surface area contributed by atoms with E-state index in [2.05, 4.69) is 47.8 Å². The first-order chi connectivity index (χ1) is 11.5. The second-order valence-electron chi connectivity index (χ2n) is 7.77. The lowest BCUT2D eigenvalue weighted by atomic mass is 9.68. The molecule has 2 unspecified atom stereocenters. The Hall–Kier alpha value is -1.55. The molecule has 0 aliphatic carbocycles. The summed E-state index contributed by atoms with van der Waals surface area (Å²) in [5.74, 6) is 0.612. The molecule has 2 aromatic rings. The lowest BCUT2D eigenvalue weighted by Gasteiger charge is -2.45. The summed E-state index contributed by atoms with van der Waals surface area (Å²) >= 11 is 0. The van der Waals surface area contributed by atoms with E-state index in [0.717, 1.165) is 11.0 Å². The number of hydrogen-bond donors (Lipinski definition) is 2. The van der Waals surface area contributed by atoms with Crippen molar-refractivity contribution in [3.8, 4) is 0 Å². The molecule has 1 aliphatic rings. The van der Waals surface area contributed by atoms with Gasteiger partial charge in [-0.3, -0.25) is 0 Å². The number of benzene rings is 1. The third-order valence-electron chi connectivity index (χ3n) is 6.07. The first kappa shape index (κ1) is 17.3. The SMILES string of the molecule is CCCCCCN1CCC(C)(c2ccc3[nH]c(=O)[nH]c3c2)C(C)C1. The smallest absolute Gasteiger partial charge is 0.306 e. The summed E-state index contributed by atoms with van der Waals surface area (Å²) in [5.41, 5.74) is 3.23. The van der Waals surface area contributed by atoms with E-state index in [1.165, 1.54) is 57.3 Å². The van der Waals surface area contributed by atoms with E-state index in [4.69, 9.17) is 0 Å². The summed E-state index contributed by atoms with van der Waals surface area (Å²) in [7, 11) is 0. The third-order valence-corrected chi connectivity index (χ3v) is 6.07. The molecule has 0 saturated carbocycles. The van der Waals surface area contributed by atoms with Gasteiger partial charge in [0.1, 0.15) is 0 Å². The molecule has 2 N–H and O–H groups in total. The van der Waals surface area contributed by atoms with Crippen molar-refractivity contribution in [3.63, 3.8) is 0 Å². The number of unbranched alkanes of at least 4 members (excludes halogenated alkanes) is 3. The monoisotopic (exact) mass is 329 g/mol. The van der Waals surface area contributed by atoms with Gasteiger partial charge < -0.3 is 14.9 Å². The van der Waals surface area contributed by atoms with Crippen LogP contribution in [0.25, 0.3) is 11.0 Å². The van der Waals surface area contributed by atoms with E-state index in [9.17, 15) is 4.79 Å². The maximum Gasteiger partial charge on any atom is 0.323 e. The minimum atomic E-state index is -0.123. The van der Waals surface area contributed by atoms with Crippen molar-refractivity contribution in [3.05, 3.63) is 34.2 Å². The van der Waals surface area contributed by atoms with Crippen LogP contribution in [-0.2, 0) is 5.41 Å². The van der Waals surface area contributed by atoms with Gasteiger partial charge in [-0.15, -0.1) is 0 Å². The Balaban J connectivity index is 1.69. The van der Waals surface area contributed by atoms with Crippen LogP contribution in [0.1, 0.15) is 58.4 Å². The predicted octanol–water partition coefficient (Wildman–Crippen LogP) is 4.04. The van der Waals surface area contributed by atoms with E-state index >= 15 is 0 Å². The largest absolute Gasteiger partial charge is 0.323 e. The van der Waals surface area contributed by atoms with Gasteiger partial charge in [-0.05, 0) is 55.0 Å². The van der Waals surface area contributed by atoms with E-state index in [0.29, 0.717) is 5.92 Å². The van der Waals surface area contributed by atoms with Crippen LogP contribution in [0.15, 0.2) is 23.0 Å². The van der Waals surface area contributed by atoms with Gasteiger partial charge in [-0.1, -0.05) is 46.1 Å². The second kappa shape index (κ2) is 7.14. The van der Waals surface area contributed by atoms with E-state index in [1.807, 2.05) is 6.07 Å². The fraction of sp³-hybridized carbons (Fsp3) is 0.650. The molecular weight excluding hydrogens is 298 g/mol. The van der Waals surface area contributed by atoms with E-state index in [1.54, 1.807) is 0 Å². The van der Waals surface area contributed by atoms with Crippen molar-refractivity contribution in [2.75, 3.05) is 19.6 Å². The van der Waals surface area contributed by atoms with Crippen LogP contribution in [0.3, 0.4) is 0 Å². The van der Waals surface area contributed by atoms with Crippen LogP contribution in [-0.4, -0.2) is 34.5 Å². The highest BCUT2D eigenvalue weighted by Gasteiger charge is 2.37. The lowest BCUT2D eigenvalue weighted by molar-refractivity contribution is 0.109. The molecule has 4 heteroatoms. The fourth-order valence-corrected chi connectivity index (χ4v) is 4.10. The first-order valence-electron chi connectivity index (χ1n) is 9.48. The zero-order valence-electron chi connectivity index (χ0n) is 15.3. The van der Waals surface area contributed by atoms with E-state index < -0.39 is 0 Å². The number of H-pyrrole nitrogens is 2. The number of piperidine rings is 1. The zero-order valence-corrected chi connectivity index (χ0v) is 15.3. The summed E-state index contributed by atoms with van der Waals surface area (Å²) in [6.07, 6.45) is 6.53.